The summed E-state index contributed by atoms with van der Waals surface area (Å²) in [5.41, 5.74) is 0.447. The van der Waals surface area contributed by atoms with E-state index in [2.05, 4.69) is 22.2 Å². The van der Waals surface area contributed by atoms with Gasteiger partial charge in [-0.25, -0.2) is 9.78 Å². The highest BCUT2D eigenvalue weighted by Gasteiger charge is 2.19. The molecule has 1 aromatic heterocycles. The van der Waals surface area contributed by atoms with E-state index in [4.69, 9.17) is 4.74 Å². The Kier molecular flexibility index (Phi) is 5.37. The first kappa shape index (κ1) is 15.3. The number of aromatic nitrogens is 1. The lowest BCUT2D eigenvalue weighted by molar-refractivity contribution is 0.0519. The molecule has 1 N–H and O–H groups in total. The molecule has 2 rings (SSSR count). The van der Waals surface area contributed by atoms with Crippen LogP contribution in [-0.2, 0) is 4.74 Å². The van der Waals surface area contributed by atoms with Crippen molar-refractivity contribution in [2.24, 2.45) is 5.92 Å². The Bertz CT molecular complexity index is 453. The molecule has 6 heteroatoms. The van der Waals surface area contributed by atoms with E-state index < -0.39 is 0 Å². The van der Waals surface area contributed by atoms with E-state index in [9.17, 15) is 4.79 Å². The van der Waals surface area contributed by atoms with E-state index in [0.717, 1.165) is 29.6 Å². The van der Waals surface area contributed by atoms with Gasteiger partial charge in [-0.15, -0.1) is 11.3 Å². The van der Waals surface area contributed by atoms with Gasteiger partial charge in [0.05, 0.1) is 6.61 Å². The zero-order chi connectivity index (χ0) is 14.5. The number of nitrogens with zero attached hydrogens (tertiary/aromatic N) is 2. The van der Waals surface area contributed by atoms with Crippen molar-refractivity contribution in [2.75, 3.05) is 38.6 Å². The Labute approximate surface area is 124 Å². The Hall–Kier alpha value is -1.14. The maximum atomic E-state index is 11.7. The molecular weight excluding hydrogens is 274 g/mol. The number of likely N-dealkylation sites (tertiary alicyclic amines) is 1. The zero-order valence-corrected chi connectivity index (χ0v) is 13.3. The summed E-state index contributed by atoms with van der Waals surface area (Å²) in [7, 11) is 2.17. The minimum atomic E-state index is -0.325. The highest BCUT2D eigenvalue weighted by Crippen LogP contribution is 2.24. The number of anilines is 1. The van der Waals surface area contributed by atoms with Gasteiger partial charge in [-0.1, -0.05) is 0 Å². The standard InChI is InChI=1S/C14H23N3O2S/c1-4-19-13(18)12-10(2)20-14(16-12)15-9-11-5-7-17(3)8-6-11/h11H,4-9H2,1-3H3,(H,15,16). The first-order valence-corrected chi connectivity index (χ1v) is 7.98. The number of nitrogens with one attached hydrogen (secondary N) is 1. The van der Waals surface area contributed by atoms with Crippen LogP contribution in [0.1, 0.15) is 35.1 Å². The van der Waals surface area contributed by atoms with Crippen LogP contribution in [0, 0.1) is 12.8 Å². The molecule has 0 radical (unpaired) electrons. The molecule has 5 nitrogen and oxygen atoms in total. The molecule has 1 aliphatic rings. The Morgan fingerprint density at radius 1 is 1.50 bits per heavy atom. The fourth-order valence-corrected chi connectivity index (χ4v) is 3.17. The average molecular weight is 297 g/mol. The normalized spacial score (nSPS) is 17.1. The molecule has 0 aliphatic carbocycles. The molecule has 0 amide bonds. The predicted molar refractivity (Wildman–Crippen MR) is 81.5 cm³/mol. The third-order valence-corrected chi connectivity index (χ3v) is 4.57. The smallest absolute Gasteiger partial charge is 0.358 e. The number of aryl methyl sites for hydroxylation is 1. The maximum Gasteiger partial charge on any atom is 0.358 e. The van der Waals surface area contributed by atoms with Gasteiger partial charge >= 0.3 is 5.97 Å². The summed E-state index contributed by atoms with van der Waals surface area (Å²) in [5.74, 6) is 0.370. The van der Waals surface area contributed by atoms with Crippen LogP contribution in [0.3, 0.4) is 0 Å². The van der Waals surface area contributed by atoms with Gasteiger partial charge in [0.2, 0.25) is 0 Å². The van der Waals surface area contributed by atoms with Gasteiger partial charge in [-0.3, -0.25) is 0 Å². The van der Waals surface area contributed by atoms with E-state index >= 15 is 0 Å². The quantitative estimate of drug-likeness (QED) is 0.846. The van der Waals surface area contributed by atoms with E-state index in [1.165, 1.54) is 24.2 Å². The number of hydrogen-bond donors (Lipinski definition) is 1. The van der Waals surface area contributed by atoms with Crippen molar-refractivity contribution in [3.63, 3.8) is 0 Å². The SMILES string of the molecule is CCOC(=O)c1nc(NCC2CCN(C)CC2)sc1C. The molecule has 112 valence electrons. The second kappa shape index (κ2) is 7.04. The predicted octanol–water partition coefficient (Wildman–Crippen LogP) is 2.38. The lowest BCUT2D eigenvalue weighted by Gasteiger charge is -2.28. The first-order valence-electron chi connectivity index (χ1n) is 7.17. The van der Waals surface area contributed by atoms with Gasteiger partial charge in [0.25, 0.3) is 0 Å². The lowest BCUT2D eigenvalue weighted by Crippen LogP contribution is -2.32. The Balaban J connectivity index is 1.87. The van der Waals surface area contributed by atoms with Crippen LogP contribution in [0.25, 0.3) is 0 Å². The number of ether oxygens (including phenoxy) is 1. The minimum Gasteiger partial charge on any atom is -0.461 e. The Morgan fingerprint density at radius 3 is 2.85 bits per heavy atom. The third-order valence-electron chi connectivity index (χ3n) is 3.65. The number of rotatable bonds is 5. The Morgan fingerprint density at radius 2 is 2.20 bits per heavy atom. The number of piperidine rings is 1. The van der Waals surface area contributed by atoms with Crippen LogP contribution in [-0.4, -0.2) is 49.1 Å². The van der Waals surface area contributed by atoms with Crippen molar-refractivity contribution in [1.29, 1.82) is 0 Å². The number of esters is 1. The lowest BCUT2D eigenvalue weighted by atomic mass is 9.97. The van der Waals surface area contributed by atoms with Gasteiger partial charge in [0.15, 0.2) is 10.8 Å². The molecule has 2 heterocycles. The summed E-state index contributed by atoms with van der Waals surface area (Å²) >= 11 is 1.52. The molecule has 1 aliphatic heterocycles. The van der Waals surface area contributed by atoms with Crippen LogP contribution in [0.5, 0.6) is 0 Å². The molecule has 1 aromatic rings. The van der Waals surface area contributed by atoms with E-state index in [1.807, 2.05) is 6.92 Å². The summed E-state index contributed by atoms with van der Waals surface area (Å²) in [4.78, 5) is 19.3. The van der Waals surface area contributed by atoms with Crippen molar-refractivity contribution in [3.05, 3.63) is 10.6 Å². The van der Waals surface area contributed by atoms with Crippen molar-refractivity contribution in [3.8, 4) is 0 Å². The molecule has 0 spiro atoms. The van der Waals surface area contributed by atoms with Gasteiger partial charge in [-0.05, 0) is 52.7 Å². The summed E-state index contributed by atoms with van der Waals surface area (Å²) in [6, 6.07) is 0. The van der Waals surface area contributed by atoms with Gasteiger partial charge in [-0.2, -0.15) is 0 Å². The van der Waals surface area contributed by atoms with Crippen molar-refractivity contribution >= 4 is 22.4 Å². The maximum absolute atomic E-state index is 11.7. The molecule has 0 bridgehead atoms. The van der Waals surface area contributed by atoms with Crippen LogP contribution in [0.2, 0.25) is 0 Å². The number of carbonyl (C=O) groups is 1. The molecule has 0 unspecified atom stereocenters. The zero-order valence-electron chi connectivity index (χ0n) is 12.4. The fourth-order valence-electron chi connectivity index (χ4n) is 2.36. The van der Waals surface area contributed by atoms with Crippen LogP contribution < -0.4 is 5.32 Å². The van der Waals surface area contributed by atoms with Crippen LogP contribution in [0.15, 0.2) is 0 Å². The van der Waals surface area contributed by atoms with Gasteiger partial charge < -0.3 is 15.0 Å². The third kappa shape index (κ3) is 3.93. The van der Waals surface area contributed by atoms with Gasteiger partial charge in [0.1, 0.15) is 0 Å². The molecule has 0 aromatic carbocycles. The molecule has 1 saturated heterocycles. The highest BCUT2D eigenvalue weighted by molar-refractivity contribution is 7.15. The highest BCUT2D eigenvalue weighted by atomic mass is 32.1. The average Bonchev–Trinajstić information content (AvgIpc) is 2.80. The number of hydrogen-bond acceptors (Lipinski definition) is 6. The summed E-state index contributed by atoms with van der Waals surface area (Å²) in [6.45, 7) is 7.36. The van der Waals surface area contributed by atoms with E-state index in [-0.39, 0.29) is 5.97 Å². The monoisotopic (exact) mass is 297 g/mol. The second-order valence-corrected chi connectivity index (χ2v) is 6.48. The summed E-state index contributed by atoms with van der Waals surface area (Å²) in [6.07, 6.45) is 2.44. The molecule has 1 fully saturated rings. The minimum absolute atomic E-state index is 0.325. The number of thiazole rings is 1. The van der Waals surface area contributed by atoms with Crippen LogP contribution in [0.4, 0.5) is 5.13 Å². The van der Waals surface area contributed by atoms with E-state index in [1.54, 1.807) is 6.92 Å². The molecule has 20 heavy (non-hydrogen) atoms. The fraction of sp³-hybridized carbons (Fsp3) is 0.714. The van der Waals surface area contributed by atoms with E-state index in [0.29, 0.717) is 18.2 Å². The van der Waals surface area contributed by atoms with Crippen molar-refractivity contribution < 1.29 is 9.53 Å². The van der Waals surface area contributed by atoms with Crippen molar-refractivity contribution in [1.82, 2.24) is 9.88 Å². The molecule has 0 atom stereocenters. The largest absolute Gasteiger partial charge is 0.461 e. The second-order valence-electron chi connectivity index (χ2n) is 5.27. The first-order chi connectivity index (χ1) is 9.60. The number of carbonyl (C=O) groups excluding carboxylic acids is 1. The van der Waals surface area contributed by atoms with Crippen LogP contribution >= 0.6 is 11.3 Å². The molecular formula is C14H23N3O2S. The molecule has 0 saturated carbocycles. The van der Waals surface area contributed by atoms with Gasteiger partial charge in [0, 0.05) is 11.4 Å². The van der Waals surface area contributed by atoms with Crippen molar-refractivity contribution in [2.45, 2.75) is 26.7 Å². The summed E-state index contributed by atoms with van der Waals surface area (Å²) in [5, 5.41) is 4.19. The summed E-state index contributed by atoms with van der Waals surface area (Å²) < 4.78 is 5.00. The topological polar surface area (TPSA) is 54.5 Å².